The number of carbonyl (C=O) groups excluding carboxylic acids is 1. The Morgan fingerprint density at radius 2 is 1.94 bits per heavy atom. The van der Waals surface area contributed by atoms with Gasteiger partial charge in [-0.05, 0) is 29.6 Å². The second-order valence-electron chi connectivity index (χ2n) is 7.74. The number of thiophene rings is 1. The average Bonchev–Trinajstić information content (AvgIpc) is 3.55. The molecule has 4 heterocycles. The molecule has 32 heavy (non-hydrogen) atoms. The monoisotopic (exact) mass is 452 g/mol. The second kappa shape index (κ2) is 9.23. The van der Waals surface area contributed by atoms with Gasteiger partial charge in [0.25, 0.3) is 0 Å². The molecule has 2 aliphatic rings. The van der Waals surface area contributed by atoms with E-state index in [1.54, 1.807) is 24.6 Å². The summed E-state index contributed by atoms with van der Waals surface area (Å²) in [5.41, 5.74) is 1.66. The van der Waals surface area contributed by atoms with Crippen LogP contribution in [0.25, 0.3) is 11.3 Å². The van der Waals surface area contributed by atoms with Crippen molar-refractivity contribution >= 4 is 23.2 Å². The molecule has 1 aromatic carbocycles. The number of nitrogens with zero attached hydrogens (tertiary/aromatic N) is 2. The molecule has 1 amide bonds. The first-order chi connectivity index (χ1) is 15.7. The summed E-state index contributed by atoms with van der Waals surface area (Å²) in [5.74, 6) is 1.23. The van der Waals surface area contributed by atoms with Crippen molar-refractivity contribution in [3.05, 3.63) is 58.9 Å². The lowest BCUT2D eigenvalue weighted by molar-refractivity contribution is -0.121. The molecule has 3 aromatic rings. The molecule has 0 radical (unpaired) electrons. The SMILES string of the molecule is COc1ccccc1-c1ccnc(N[C@H]2CO[C@H]3[C@@H]2OC[C@@H]3NC(=O)Cc2cccs2)n1. The largest absolute Gasteiger partial charge is 0.496 e. The molecule has 0 aliphatic carbocycles. The van der Waals surface area contributed by atoms with Crippen LogP contribution in [0, 0.1) is 0 Å². The Labute approximate surface area is 189 Å². The van der Waals surface area contributed by atoms with Gasteiger partial charge in [-0.1, -0.05) is 18.2 Å². The summed E-state index contributed by atoms with van der Waals surface area (Å²) in [5, 5.41) is 8.38. The molecule has 2 N–H and O–H groups in total. The van der Waals surface area contributed by atoms with Gasteiger partial charge in [0, 0.05) is 16.6 Å². The van der Waals surface area contributed by atoms with Gasteiger partial charge in [-0.3, -0.25) is 4.79 Å². The third-order valence-corrected chi connectivity index (χ3v) is 6.54. The van der Waals surface area contributed by atoms with E-state index in [1.807, 2.05) is 47.8 Å². The van der Waals surface area contributed by atoms with Gasteiger partial charge in [0.15, 0.2) is 0 Å². The minimum Gasteiger partial charge on any atom is -0.496 e. The fourth-order valence-corrected chi connectivity index (χ4v) is 4.88. The van der Waals surface area contributed by atoms with E-state index in [9.17, 15) is 4.79 Å². The standard InChI is InChI=1S/C23H24N4O4S/c1-29-19-7-3-2-6-15(19)16-8-9-24-23(26-16)27-18-13-31-21-17(12-30-22(18)21)25-20(28)11-14-5-4-10-32-14/h2-10,17-18,21-22H,11-13H2,1H3,(H,25,28)(H,24,26,27)/t17-,18-,21+,22+/m0/s1. The molecule has 4 atom stereocenters. The first-order valence-corrected chi connectivity index (χ1v) is 11.4. The quantitative estimate of drug-likeness (QED) is 0.569. The molecular weight excluding hydrogens is 428 g/mol. The van der Waals surface area contributed by atoms with Gasteiger partial charge < -0.3 is 24.8 Å². The molecule has 8 nitrogen and oxygen atoms in total. The smallest absolute Gasteiger partial charge is 0.225 e. The first kappa shape index (κ1) is 20.9. The zero-order valence-corrected chi connectivity index (χ0v) is 18.4. The number of amides is 1. The van der Waals surface area contributed by atoms with Crippen LogP contribution in [0.4, 0.5) is 5.95 Å². The van der Waals surface area contributed by atoms with Gasteiger partial charge in [0.2, 0.25) is 11.9 Å². The van der Waals surface area contributed by atoms with Crippen LogP contribution in [0.5, 0.6) is 5.75 Å². The zero-order chi connectivity index (χ0) is 21.9. The summed E-state index contributed by atoms with van der Waals surface area (Å²) in [6, 6.07) is 13.2. The van der Waals surface area contributed by atoms with E-state index < -0.39 is 0 Å². The van der Waals surface area contributed by atoms with Crippen LogP contribution in [0.3, 0.4) is 0 Å². The number of hydrogen-bond acceptors (Lipinski definition) is 8. The van der Waals surface area contributed by atoms with Crippen molar-refractivity contribution in [3.63, 3.8) is 0 Å². The molecule has 2 aliphatic heterocycles. The van der Waals surface area contributed by atoms with Gasteiger partial charge in [-0.25, -0.2) is 9.97 Å². The molecule has 0 spiro atoms. The van der Waals surface area contributed by atoms with Gasteiger partial charge in [0.1, 0.15) is 18.0 Å². The van der Waals surface area contributed by atoms with Crippen molar-refractivity contribution in [2.75, 3.05) is 25.6 Å². The lowest BCUT2D eigenvalue weighted by Gasteiger charge is -2.18. The highest BCUT2D eigenvalue weighted by Crippen LogP contribution is 2.31. The molecule has 2 fully saturated rings. The number of rotatable bonds is 7. The second-order valence-corrected chi connectivity index (χ2v) is 8.77. The Hall–Kier alpha value is -3.01. The predicted octanol–water partition coefficient (Wildman–Crippen LogP) is 2.52. The maximum absolute atomic E-state index is 12.4. The molecule has 0 bridgehead atoms. The van der Waals surface area contributed by atoms with Gasteiger partial charge in [0.05, 0.1) is 44.5 Å². The minimum absolute atomic E-state index is 0.0189. The predicted molar refractivity (Wildman–Crippen MR) is 121 cm³/mol. The number of methoxy groups -OCH3 is 1. The van der Waals surface area contributed by atoms with Gasteiger partial charge >= 0.3 is 0 Å². The van der Waals surface area contributed by atoms with E-state index in [-0.39, 0.29) is 30.2 Å². The van der Waals surface area contributed by atoms with Crippen molar-refractivity contribution < 1.29 is 19.0 Å². The van der Waals surface area contributed by atoms with Crippen LogP contribution >= 0.6 is 11.3 Å². The van der Waals surface area contributed by atoms with Crippen LogP contribution < -0.4 is 15.4 Å². The Morgan fingerprint density at radius 1 is 1.12 bits per heavy atom. The number of aromatic nitrogens is 2. The van der Waals surface area contributed by atoms with Crippen molar-refractivity contribution in [1.82, 2.24) is 15.3 Å². The molecule has 2 aromatic heterocycles. The average molecular weight is 453 g/mol. The molecule has 9 heteroatoms. The van der Waals surface area contributed by atoms with E-state index in [0.29, 0.717) is 25.6 Å². The Balaban J connectivity index is 1.23. The number of anilines is 1. The number of carbonyl (C=O) groups is 1. The molecular formula is C23H24N4O4S. The number of fused-ring (bicyclic) bond motifs is 1. The van der Waals surface area contributed by atoms with Crippen LogP contribution in [-0.4, -0.2) is 60.5 Å². The molecule has 0 unspecified atom stereocenters. The number of benzene rings is 1. The maximum Gasteiger partial charge on any atom is 0.225 e. The third kappa shape index (κ3) is 4.32. The molecule has 2 saturated heterocycles. The Kier molecular flexibility index (Phi) is 6.02. The maximum atomic E-state index is 12.4. The summed E-state index contributed by atoms with van der Waals surface area (Å²) in [4.78, 5) is 22.5. The molecule has 5 rings (SSSR count). The lowest BCUT2D eigenvalue weighted by atomic mass is 10.1. The third-order valence-electron chi connectivity index (χ3n) is 5.67. The van der Waals surface area contributed by atoms with Crippen LogP contribution in [0.1, 0.15) is 4.88 Å². The van der Waals surface area contributed by atoms with Crippen LogP contribution in [0.15, 0.2) is 54.0 Å². The number of para-hydroxylation sites is 1. The van der Waals surface area contributed by atoms with E-state index in [1.165, 1.54) is 0 Å². The van der Waals surface area contributed by atoms with Crippen molar-refractivity contribution in [2.45, 2.75) is 30.7 Å². The highest BCUT2D eigenvalue weighted by Gasteiger charge is 2.48. The fourth-order valence-electron chi connectivity index (χ4n) is 4.18. The summed E-state index contributed by atoms with van der Waals surface area (Å²) < 4.78 is 17.4. The number of ether oxygens (including phenoxy) is 3. The van der Waals surface area contributed by atoms with E-state index in [4.69, 9.17) is 14.2 Å². The van der Waals surface area contributed by atoms with Crippen LogP contribution in [0.2, 0.25) is 0 Å². The Bertz CT molecular complexity index is 1080. The Morgan fingerprint density at radius 3 is 2.75 bits per heavy atom. The topological polar surface area (TPSA) is 94.6 Å². The highest BCUT2D eigenvalue weighted by atomic mass is 32.1. The summed E-state index contributed by atoms with van der Waals surface area (Å²) in [6.45, 7) is 0.876. The lowest BCUT2D eigenvalue weighted by Crippen LogP contribution is -2.45. The minimum atomic E-state index is -0.197. The van der Waals surface area contributed by atoms with Gasteiger partial charge in [-0.2, -0.15) is 0 Å². The van der Waals surface area contributed by atoms with Crippen molar-refractivity contribution in [3.8, 4) is 17.0 Å². The number of hydrogen-bond donors (Lipinski definition) is 2. The van der Waals surface area contributed by atoms with Crippen molar-refractivity contribution in [2.24, 2.45) is 0 Å². The summed E-state index contributed by atoms with van der Waals surface area (Å²) in [6.07, 6.45) is 1.71. The first-order valence-electron chi connectivity index (χ1n) is 10.5. The van der Waals surface area contributed by atoms with Gasteiger partial charge in [-0.15, -0.1) is 11.3 Å². The number of nitrogens with one attached hydrogen (secondary N) is 2. The summed E-state index contributed by atoms with van der Waals surface area (Å²) in [7, 11) is 1.64. The summed E-state index contributed by atoms with van der Waals surface area (Å²) >= 11 is 1.58. The van der Waals surface area contributed by atoms with Crippen molar-refractivity contribution in [1.29, 1.82) is 0 Å². The van der Waals surface area contributed by atoms with E-state index >= 15 is 0 Å². The van der Waals surface area contributed by atoms with E-state index in [0.717, 1.165) is 21.9 Å². The highest BCUT2D eigenvalue weighted by molar-refractivity contribution is 7.10. The molecule has 0 saturated carbocycles. The van der Waals surface area contributed by atoms with Crippen LogP contribution in [-0.2, 0) is 20.7 Å². The van der Waals surface area contributed by atoms with E-state index in [2.05, 4.69) is 20.6 Å². The molecule has 166 valence electrons. The fraction of sp³-hybridized carbons (Fsp3) is 0.348. The zero-order valence-electron chi connectivity index (χ0n) is 17.6. The normalized spacial score (nSPS) is 24.2.